The van der Waals surface area contributed by atoms with Gasteiger partial charge >= 0.3 is 6.18 Å². The van der Waals surface area contributed by atoms with Crippen LogP contribution in [-0.2, 0) is 12.6 Å². The van der Waals surface area contributed by atoms with Gasteiger partial charge in [-0.05, 0) is 36.5 Å². The van der Waals surface area contributed by atoms with Crippen LogP contribution in [0.15, 0.2) is 24.3 Å². The molecule has 0 aromatic heterocycles. The van der Waals surface area contributed by atoms with Crippen molar-refractivity contribution in [3.8, 4) is 0 Å². The van der Waals surface area contributed by atoms with Gasteiger partial charge in [-0.1, -0.05) is 31.4 Å². The number of hydrogen-bond donors (Lipinski definition) is 1. The van der Waals surface area contributed by atoms with Crippen LogP contribution in [-0.4, -0.2) is 6.04 Å². The molecule has 0 amide bonds. The smallest absolute Gasteiger partial charge is 0.327 e. The third-order valence-corrected chi connectivity index (χ3v) is 3.64. The van der Waals surface area contributed by atoms with Gasteiger partial charge in [0, 0.05) is 6.04 Å². The van der Waals surface area contributed by atoms with Gasteiger partial charge in [0.25, 0.3) is 0 Å². The minimum absolute atomic E-state index is 0.0621. The molecule has 1 aromatic carbocycles. The monoisotopic (exact) mass is 257 g/mol. The van der Waals surface area contributed by atoms with Crippen LogP contribution in [0.1, 0.15) is 36.8 Å². The van der Waals surface area contributed by atoms with Crippen molar-refractivity contribution in [1.29, 1.82) is 0 Å². The molecule has 2 rings (SSSR count). The van der Waals surface area contributed by atoms with Crippen molar-refractivity contribution in [3.05, 3.63) is 35.4 Å². The van der Waals surface area contributed by atoms with E-state index in [-0.39, 0.29) is 6.04 Å². The number of alkyl halides is 3. The lowest BCUT2D eigenvalue weighted by Crippen LogP contribution is -2.28. The molecule has 1 aromatic rings. The second kappa shape index (κ2) is 5.31. The summed E-state index contributed by atoms with van der Waals surface area (Å²) in [5, 5.41) is 0. The standard InChI is InChI=1S/C14H18F3N/c15-14(16,17)12-6-4-11(5-7-12)9-13(18)8-10-2-1-3-10/h4-7,10,13H,1-3,8-9,18H2. The average Bonchev–Trinajstić information content (AvgIpc) is 2.23. The number of rotatable bonds is 4. The predicted molar refractivity (Wildman–Crippen MR) is 65.1 cm³/mol. The Morgan fingerprint density at radius 2 is 1.78 bits per heavy atom. The Morgan fingerprint density at radius 3 is 2.22 bits per heavy atom. The highest BCUT2D eigenvalue weighted by atomic mass is 19.4. The lowest BCUT2D eigenvalue weighted by Gasteiger charge is -2.28. The Labute approximate surface area is 105 Å². The highest BCUT2D eigenvalue weighted by Crippen LogP contribution is 2.31. The molecule has 0 radical (unpaired) electrons. The first kappa shape index (κ1) is 13.4. The van der Waals surface area contributed by atoms with E-state index in [0.717, 1.165) is 30.0 Å². The van der Waals surface area contributed by atoms with Crippen LogP contribution in [0.5, 0.6) is 0 Å². The van der Waals surface area contributed by atoms with Gasteiger partial charge in [0.15, 0.2) is 0 Å². The zero-order valence-corrected chi connectivity index (χ0v) is 10.2. The number of halogens is 3. The molecule has 1 aliphatic rings. The molecule has 4 heteroatoms. The van der Waals surface area contributed by atoms with Crippen LogP contribution >= 0.6 is 0 Å². The van der Waals surface area contributed by atoms with E-state index in [2.05, 4.69) is 0 Å². The lowest BCUT2D eigenvalue weighted by molar-refractivity contribution is -0.137. The Balaban J connectivity index is 1.89. The Morgan fingerprint density at radius 1 is 1.17 bits per heavy atom. The minimum Gasteiger partial charge on any atom is -0.327 e. The second-order valence-electron chi connectivity index (χ2n) is 5.19. The molecule has 2 N–H and O–H groups in total. The van der Waals surface area contributed by atoms with Gasteiger partial charge in [0.1, 0.15) is 0 Å². The fourth-order valence-electron chi connectivity index (χ4n) is 2.37. The summed E-state index contributed by atoms with van der Waals surface area (Å²) in [6, 6.07) is 5.39. The van der Waals surface area contributed by atoms with Gasteiger partial charge in [-0.25, -0.2) is 0 Å². The number of nitrogens with two attached hydrogens (primary N) is 1. The molecule has 0 saturated heterocycles. The normalized spacial score (nSPS) is 18.4. The summed E-state index contributed by atoms with van der Waals surface area (Å²) < 4.78 is 37.1. The lowest BCUT2D eigenvalue weighted by atomic mass is 9.80. The Kier molecular flexibility index (Phi) is 3.95. The Hall–Kier alpha value is -1.03. The largest absolute Gasteiger partial charge is 0.416 e. The van der Waals surface area contributed by atoms with E-state index in [1.807, 2.05) is 0 Å². The van der Waals surface area contributed by atoms with Gasteiger partial charge in [0.2, 0.25) is 0 Å². The minimum atomic E-state index is -4.26. The van der Waals surface area contributed by atoms with Crippen LogP contribution < -0.4 is 5.73 Å². The van der Waals surface area contributed by atoms with Crippen LogP contribution in [0.3, 0.4) is 0 Å². The Bertz CT molecular complexity index is 379. The van der Waals surface area contributed by atoms with E-state index < -0.39 is 11.7 Å². The maximum Gasteiger partial charge on any atom is 0.416 e. The summed E-state index contributed by atoms with van der Waals surface area (Å²) in [5.41, 5.74) is 6.30. The number of hydrogen-bond acceptors (Lipinski definition) is 1. The first-order chi connectivity index (χ1) is 8.45. The van der Waals surface area contributed by atoms with Crippen molar-refractivity contribution in [2.45, 2.75) is 44.3 Å². The molecule has 0 bridgehead atoms. The highest BCUT2D eigenvalue weighted by molar-refractivity contribution is 5.25. The van der Waals surface area contributed by atoms with E-state index in [9.17, 15) is 13.2 Å². The average molecular weight is 257 g/mol. The van der Waals surface area contributed by atoms with Crippen molar-refractivity contribution < 1.29 is 13.2 Å². The molecule has 100 valence electrons. The fourth-order valence-corrected chi connectivity index (χ4v) is 2.37. The SMILES string of the molecule is NC(Cc1ccc(C(F)(F)F)cc1)CC1CCC1. The van der Waals surface area contributed by atoms with E-state index >= 15 is 0 Å². The zero-order chi connectivity index (χ0) is 13.2. The molecule has 1 saturated carbocycles. The maximum atomic E-state index is 12.4. The molecule has 0 heterocycles. The second-order valence-corrected chi connectivity index (χ2v) is 5.19. The summed E-state index contributed by atoms with van der Waals surface area (Å²) in [4.78, 5) is 0. The van der Waals surface area contributed by atoms with E-state index in [4.69, 9.17) is 5.73 Å². The topological polar surface area (TPSA) is 26.0 Å². The summed E-state index contributed by atoms with van der Waals surface area (Å²) in [6.07, 6.45) is 1.18. The first-order valence-corrected chi connectivity index (χ1v) is 6.37. The van der Waals surface area contributed by atoms with E-state index in [1.54, 1.807) is 0 Å². The third kappa shape index (κ3) is 3.48. The summed E-state index contributed by atoms with van der Waals surface area (Å²) >= 11 is 0. The van der Waals surface area contributed by atoms with Gasteiger partial charge in [-0.15, -0.1) is 0 Å². The van der Waals surface area contributed by atoms with Gasteiger partial charge in [-0.2, -0.15) is 13.2 Å². The first-order valence-electron chi connectivity index (χ1n) is 6.37. The maximum absolute atomic E-state index is 12.4. The molecular weight excluding hydrogens is 239 g/mol. The van der Waals surface area contributed by atoms with Crippen LogP contribution in [0.4, 0.5) is 13.2 Å². The molecule has 1 nitrogen and oxygen atoms in total. The predicted octanol–water partition coefficient (Wildman–Crippen LogP) is 3.77. The third-order valence-electron chi connectivity index (χ3n) is 3.64. The van der Waals surface area contributed by atoms with Crippen LogP contribution in [0, 0.1) is 5.92 Å². The molecule has 18 heavy (non-hydrogen) atoms. The summed E-state index contributed by atoms with van der Waals surface area (Å²) in [5.74, 6) is 0.731. The summed E-state index contributed by atoms with van der Waals surface area (Å²) in [7, 11) is 0. The molecule has 1 unspecified atom stereocenters. The summed E-state index contributed by atoms with van der Waals surface area (Å²) in [6.45, 7) is 0. The van der Waals surface area contributed by atoms with Crippen molar-refractivity contribution >= 4 is 0 Å². The molecule has 0 aliphatic heterocycles. The van der Waals surface area contributed by atoms with Crippen molar-refractivity contribution in [2.75, 3.05) is 0 Å². The molecule has 1 atom stereocenters. The molecule has 1 aliphatic carbocycles. The van der Waals surface area contributed by atoms with Crippen LogP contribution in [0.2, 0.25) is 0 Å². The van der Waals surface area contributed by atoms with Crippen molar-refractivity contribution in [1.82, 2.24) is 0 Å². The zero-order valence-electron chi connectivity index (χ0n) is 10.2. The van der Waals surface area contributed by atoms with Gasteiger partial charge < -0.3 is 5.73 Å². The molecule has 0 spiro atoms. The van der Waals surface area contributed by atoms with Crippen LogP contribution in [0.25, 0.3) is 0 Å². The molecular formula is C14H18F3N. The van der Waals surface area contributed by atoms with Gasteiger partial charge in [-0.3, -0.25) is 0 Å². The van der Waals surface area contributed by atoms with E-state index in [1.165, 1.54) is 31.4 Å². The van der Waals surface area contributed by atoms with Crippen molar-refractivity contribution in [2.24, 2.45) is 11.7 Å². The highest BCUT2D eigenvalue weighted by Gasteiger charge is 2.30. The van der Waals surface area contributed by atoms with E-state index in [0.29, 0.717) is 6.42 Å². The quantitative estimate of drug-likeness (QED) is 0.873. The molecule has 1 fully saturated rings. The fraction of sp³-hybridized carbons (Fsp3) is 0.571. The van der Waals surface area contributed by atoms with Crippen molar-refractivity contribution in [3.63, 3.8) is 0 Å². The number of benzene rings is 1. The van der Waals surface area contributed by atoms with Gasteiger partial charge in [0.05, 0.1) is 5.56 Å².